The molecule has 0 saturated carbocycles. The molecule has 0 fully saturated rings. The molecule has 2 rings (SSSR count). The van der Waals surface area contributed by atoms with Crippen molar-refractivity contribution in [2.45, 2.75) is 24.0 Å². The fraction of sp³-hybridized carbons (Fsp3) is 0.308. The van der Waals surface area contributed by atoms with Gasteiger partial charge in [-0.25, -0.2) is 0 Å². The van der Waals surface area contributed by atoms with Gasteiger partial charge in [0.05, 0.1) is 26.6 Å². The molecule has 2 N–H and O–H groups in total. The molecule has 0 aliphatic rings. The number of aryl methyl sites for hydroxylation is 2. The zero-order chi connectivity index (χ0) is 14.0. The van der Waals surface area contributed by atoms with Crippen LogP contribution in [0.4, 0.5) is 5.69 Å². The molecular weight excluding hydrogens is 346 g/mol. The highest BCUT2D eigenvalue weighted by molar-refractivity contribution is 9.10. The summed E-state index contributed by atoms with van der Waals surface area (Å²) in [6, 6.07) is 5.71. The molecule has 2 aromatic rings. The van der Waals surface area contributed by atoms with Crippen molar-refractivity contribution in [3.63, 3.8) is 0 Å². The minimum absolute atomic E-state index is 0.600. The molecule has 0 atom stereocenters. The monoisotopic (exact) mass is 359 g/mol. The fourth-order valence-corrected chi connectivity index (χ4v) is 3.91. The maximum Gasteiger partial charge on any atom is 0.0767 e. The lowest BCUT2D eigenvalue weighted by molar-refractivity contribution is 0.719. The van der Waals surface area contributed by atoms with Crippen LogP contribution in [0, 0.1) is 0 Å². The third kappa shape index (κ3) is 3.27. The number of nitrogens with two attached hydrogens (primary N) is 1. The summed E-state index contributed by atoms with van der Waals surface area (Å²) in [5.41, 5.74) is 8.58. The molecule has 0 saturated heterocycles. The topological polar surface area (TPSA) is 43.8 Å². The van der Waals surface area contributed by atoms with Crippen LogP contribution in [0.3, 0.4) is 0 Å². The lowest BCUT2D eigenvalue weighted by atomic mass is 10.3. The number of hydrogen-bond acceptors (Lipinski definition) is 3. The average Bonchev–Trinajstić information content (AvgIpc) is 2.66. The van der Waals surface area contributed by atoms with Crippen LogP contribution in [0.15, 0.2) is 27.6 Å². The van der Waals surface area contributed by atoms with Gasteiger partial charge in [-0.3, -0.25) is 4.68 Å². The van der Waals surface area contributed by atoms with Crippen LogP contribution in [-0.2, 0) is 19.2 Å². The van der Waals surface area contributed by atoms with Gasteiger partial charge in [0.2, 0.25) is 0 Å². The van der Waals surface area contributed by atoms with Crippen molar-refractivity contribution in [2.24, 2.45) is 7.05 Å². The predicted molar refractivity (Wildman–Crippen MR) is 85.7 cm³/mol. The van der Waals surface area contributed by atoms with Crippen molar-refractivity contribution in [1.29, 1.82) is 0 Å². The SMILES string of the molecule is CCc1nn(C)c(CSc2ccc(N)c(Cl)c2)c1Br. The van der Waals surface area contributed by atoms with Crippen molar-refractivity contribution in [2.75, 3.05) is 5.73 Å². The number of nitrogens with zero attached hydrogens (tertiary/aromatic N) is 2. The van der Waals surface area contributed by atoms with Crippen LogP contribution < -0.4 is 5.73 Å². The van der Waals surface area contributed by atoms with Crippen molar-refractivity contribution in [1.82, 2.24) is 9.78 Å². The van der Waals surface area contributed by atoms with Crippen molar-refractivity contribution in [3.05, 3.63) is 39.1 Å². The van der Waals surface area contributed by atoms with E-state index in [0.717, 1.165) is 27.2 Å². The van der Waals surface area contributed by atoms with E-state index < -0.39 is 0 Å². The summed E-state index contributed by atoms with van der Waals surface area (Å²) in [5.74, 6) is 0.838. The second kappa shape index (κ2) is 6.20. The minimum Gasteiger partial charge on any atom is -0.398 e. The van der Waals surface area contributed by atoms with E-state index in [1.165, 1.54) is 5.69 Å². The van der Waals surface area contributed by atoms with Crippen molar-refractivity contribution >= 4 is 45.0 Å². The number of thioether (sulfide) groups is 1. The molecule has 1 aromatic carbocycles. The van der Waals surface area contributed by atoms with Crippen LogP contribution in [0.1, 0.15) is 18.3 Å². The Morgan fingerprint density at radius 2 is 2.21 bits per heavy atom. The van der Waals surface area contributed by atoms with Crippen molar-refractivity contribution < 1.29 is 0 Å². The molecule has 0 unspecified atom stereocenters. The first-order valence-corrected chi connectivity index (χ1v) is 8.06. The van der Waals surface area contributed by atoms with Gasteiger partial charge in [0, 0.05) is 17.7 Å². The average molecular weight is 361 g/mol. The van der Waals surface area contributed by atoms with Gasteiger partial charge in [-0.05, 0) is 40.5 Å². The second-order valence-electron chi connectivity index (χ2n) is 4.16. The highest BCUT2D eigenvalue weighted by Crippen LogP contribution is 2.31. The van der Waals surface area contributed by atoms with Gasteiger partial charge in [0.1, 0.15) is 0 Å². The van der Waals surface area contributed by atoms with E-state index in [1.54, 1.807) is 11.8 Å². The highest BCUT2D eigenvalue weighted by Gasteiger charge is 2.12. The first-order valence-electron chi connectivity index (χ1n) is 5.91. The summed E-state index contributed by atoms with van der Waals surface area (Å²) in [4.78, 5) is 1.10. The Labute approximate surface area is 130 Å². The number of hydrogen-bond donors (Lipinski definition) is 1. The third-order valence-electron chi connectivity index (χ3n) is 2.85. The first-order chi connectivity index (χ1) is 9.02. The first kappa shape index (κ1) is 14.8. The van der Waals surface area contributed by atoms with Gasteiger partial charge < -0.3 is 5.73 Å². The molecule has 19 heavy (non-hydrogen) atoms. The normalized spacial score (nSPS) is 10.9. The fourth-order valence-electron chi connectivity index (χ4n) is 1.73. The summed E-state index contributed by atoms with van der Waals surface area (Å²) in [7, 11) is 1.97. The Hall–Kier alpha value is -0.650. The van der Waals surface area contributed by atoms with E-state index in [2.05, 4.69) is 28.0 Å². The van der Waals surface area contributed by atoms with Gasteiger partial charge in [0.25, 0.3) is 0 Å². The zero-order valence-corrected chi connectivity index (χ0v) is 13.9. The molecule has 1 aromatic heterocycles. The highest BCUT2D eigenvalue weighted by atomic mass is 79.9. The van der Waals surface area contributed by atoms with Gasteiger partial charge in [0.15, 0.2) is 0 Å². The number of benzene rings is 1. The number of rotatable bonds is 4. The Kier molecular flexibility index (Phi) is 4.81. The predicted octanol–water partition coefficient (Wildman–Crippen LogP) is 4.27. The zero-order valence-electron chi connectivity index (χ0n) is 10.8. The number of aromatic nitrogens is 2. The molecule has 0 aliphatic carbocycles. The summed E-state index contributed by atoms with van der Waals surface area (Å²) in [6.07, 6.45) is 0.923. The number of halogens is 2. The smallest absolute Gasteiger partial charge is 0.0767 e. The van der Waals surface area contributed by atoms with Crippen LogP contribution >= 0.6 is 39.3 Å². The molecule has 0 bridgehead atoms. The maximum atomic E-state index is 6.02. The van der Waals surface area contributed by atoms with Crippen LogP contribution in [-0.4, -0.2) is 9.78 Å². The Bertz CT molecular complexity index is 598. The maximum absolute atomic E-state index is 6.02. The number of anilines is 1. The van der Waals surface area contributed by atoms with E-state index in [4.69, 9.17) is 17.3 Å². The van der Waals surface area contributed by atoms with Gasteiger partial charge in [-0.2, -0.15) is 5.10 Å². The van der Waals surface area contributed by atoms with Crippen LogP contribution in [0.2, 0.25) is 5.02 Å². The summed E-state index contributed by atoms with van der Waals surface area (Å²) in [5, 5.41) is 5.08. The van der Waals surface area contributed by atoms with Crippen molar-refractivity contribution in [3.8, 4) is 0 Å². The number of nitrogen functional groups attached to an aromatic ring is 1. The van der Waals surface area contributed by atoms with Crippen LogP contribution in [0.5, 0.6) is 0 Å². The lowest BCUT2D eigenvalue weighted by Crippen LogP contribution is -1.97. The Morgan fingerprint density at radius 1 is 1.47 bits per heavy atom. The molecule has 6 heteroatoms. The van der Waals surface area contributed by atoms with Gasteiger partial charge in [-0.15, -0.1) is 11.8 Å². The molecule has 0 radical (unpaired) electrons. The molecule has 102 valence electrons. The standard InChI is InChI=1S/C13H15BrClN3S/c1-3-11-13(14)12(18(2)17-11)7-19-8-4-5-10(16)9(15)6-8/h4-6H,3,7,16H2,1-2H3. The van der Waals surface area contributed by atoms with E-state index >= 15 is 0 Å². The van der Waals surface area contributed by atoms with E-state index in [-0.39, 0.29) is 0 Å². The molecular formula is C13H15BrClN3S. The molecule has 0 amide bonds. The quantitative estimate of drug-likeness (QED) is 0.654. The summed E-state index contributed by atoms with van der Waals surface area (Å²) < 4.78 is 3.03. The molecule has 3 nitrogen and oxygen atoms in total. The Morgan fingerprint density at radius 3 is 2.79 bits per heavy atom. The van der Waals surface area contributed by atoms with Gasteiger partial charge in [-0.1, -0.05) is 18.5 Å². The minimum atomic E-state index is 0.600. The second-order valence-corrected chi connectivity index (χ2v) is 6.41. The molecule has 0 aliphatic heterocycles. The van der Waals surface area contributed by atoms with Gasteiger partial charge >= 0.3 is 0 Å². The summed E-state index contributed by atoms with van der Waals surface area (Å²) >= 11 is 11.4. The van der Waals surface area contributed by atoms with E-state index in [9.17, 15) is 0 Å². The van der Waals surface area contributed by atoms with E-state index in [1.807, 2.05) is 29.9 Å². The van der Waals surface area contributed by atoms with E-state index in [0.29, 0.717) is 10.7 Å². The molecule has 0 spiro atoms. The lowest BCUT2D eigenvalue weighted by Gasteiger charge is -2.05. The Balaban J connectivity index is 2.14. The van der Waals surface area contributed by atoms with Crippen LogP contribution in [0.25, 0.3) is 0 Å². The third-order valence-corrected chi connectivity index (χ3v) is 5.10. The summed E-state index contributed by atoms with van der Waals surface area (Å²) in [6.45, 7) is 2.10. The largest absolute Gasteiger partial charge is 0.398 e. The molecule has 1 heterocycles.